The number of aromatic nitrogens is 2. The number of para-hydroxylation sites is 1. The van der Waals surface area contributed by atoms with E-state index in [0.717, 1.165) is 46.7 Å². The number of hydrogen-bond donors (Lipinski definition) is 0. The summed E-state index contributed by atoms with van der Waals surface area (Å²) in [5, 5.41) is 5.20. The second-order valence-electron chi connectivity index (χ2n) is 13.3. The molecule has 3 aliphatic heterocycles. The molecule has 4 heterocycles. The van der Waals surface area contributed by atoms with Gasteiger partial charge in [-0.1, -0.05) is 42.5 Å². The zero-order chi connectivity index (χ0) is 29.9. The van der Waals surface area contributed by atoms with Crippen LogP contribution in [0.2, 0.25) is 0 Å². The highest BCUT2D eigenvalue weighted by atomic mass is 16.6. The number of benzene rings is 2. The van der Waals surface area contributed by atoms with Gasteiger partial charge in [0.15, 0.2) is 5.60 Å². The van der Waals surface area contributed by atoms with Gasteiger partial charge in [-0.05, 0) is 72.1 Å². The van der Waals surface area contributed by atoms with Crippen molar-refractivity contribution in [3.63, 3.8) is 0 Å². The lowest BCUT2D eigenvalue weighted by atomic mass is 9.80. The van der Waals surface area contributed by atoms with Gasteiger partial charge in [0.2, 0.25) is 0 Å². The summed E-state index contributed by atoms with van der Waals surface area (Å²) in [6.45, 7) is 13.5. The maximum atomic E-state index is 13.0. The third kappa shape index (κ3) is 4.99. The minimum atomic E-state index is -0.690. The molecule has 9 nitrogen and oxygen atoms in total. The standard InChI is InChI=1S/C33H40N4O5/c1-22-27-28(34-37(22)24-16-17-36(32(5,6)18-24)30(39)42-31(2,3)4)25-14-10-11-15-26(25)41-33(27)20-35(21-33)29(38)40-19-23-12-8-7-9-13-23/h7-15,24H,16-21H2,1-6H3. The van der Waals surface area contributed by atoms with Crippen molar-refractivity contribution in [1.29, 1.82) is 0 Å². The summed E-state index contributed by atoms with van der Waals surface area (Å²) in [5.41, 5.74) is 3.22. The summed E-state index contributed by atoms with van der Waals surface area (Å²) < 4.78 is 20.1. The predicted molar refractivity (Wildman–Crippen MR) is 158 cm³/mol. The van der Waals surface area contributed by atoms with E-state index in [9.17, 15) is 9.59 Å². The molecule has 0 N–H and O–H groups in total. The van der Waals surface area contributed by atoms with Crippen molar-refractivity contribution < 1.29 is 23.8 Å². The number of nitrogens with zero attached hydrogens (tertiary/aromatic N) is 4. The number of hydrogen-bond acceptors (Lipinski definition) is 6. The fourth-order valence-electron chi connectivity index (χ4n) is 6.59. The Morgan fingerprint density at radius 2 is 1.71 bits per heavy atom. The summed E-state index contributed by atoms with van der Waals surface area (Å²) >= 11 is 0. The fourth-order valence-corrected chi connectivity index (χ4v) is 6.59. The van der Waals surface area contributed by atoms with Gasteiger partial charge in [0.1, 0.15) is 23.7 Å². The van der Waals surface area contributed by atoms with Crippen LogP contribution in [0.4, 0.5) is 9.59 Å². The van der Waals surface area contributed by atoms with Crippen LogP contribution in [0, 0.1) is 6.92 Å². The number of likely N-dealkylation sites (tertiary alicyclic amines) is 2. The van der Waals surface area contributed by atoms with Gasteiger partial charge in [0, 0.05) is 28.9 Å². The molecule has 1 atom stereocenters. The minimum absolute atomic E-state index is 0.0977. The number of carbonyl (C=O) groups excluding carboxylic acids is 2. The Morgan fingerprint density at radius 1 is 1.02 bits per heavy atom. The fraction of sp³-hybridized carbons (Fsp3) is 0.485. The minimum Gasteiger partial charge on any atom is -0.478 e. The maximum absolute atomic E-state index is 13.0. The zero-order valence-electron chi connectivity index (χ0n) is 25.3. The Balaban J connectivity index is 1.25. The average molecular weight is 573 g/mol. The molecule has 3 aliphatic rings. The molecule has 0 saturated carbocycles. The van der Waals surface area contributed by atoms with Crippen LogP contribution >= 0.6 is 0 Å². The Morgan fingerprint density at radius 3 is 2.40 bits per heavy atom. The number of fused-ring (bicyclic) bond motifs is 4. The molecule has 1 unspecified atom stereocenters. The molecule has 6 rings (SSSR count). The molecule has 0 aliphatic carbocycles. The smallest absolute Gasteiger partial charge is 0.410 e. The van der Waals surface area contributed by atoms with Crippen LogP contribution in [0.3, 0.4) is 0 Å². The van der Waals surface area contributed by atoms with Crippen molar-refractivity contribution in [3.05, 3.63) is 71.4 Å². The topological polar surface area (TPSA) is 86.1 Å². The van der Waals surface area contributed by atoms with E-state index in [4.69, 9.17) is 19.3 Å². The Hall–Kier alpha value is -4.01. The number of rotatable bonds is 3. The highest BCUT2D eigenvalue weighted by Gasteiger charge is 2.55. The molecule has 2 amide bonds. The summed E-state index contributed by atoms with van der Waals surface area (Å²) in [7, 11) is 0. The first kappa shape index (κ1) is 28.1. The molecular weight excluding hydrogens is 532 g/mol. The molecule has 222 valence electrons. The van der Waals surface area contributed by atoms with E-state index in [1.807, 2.05) is 80.3 Å². The summed E-state index contributed by atoms with van der Waals surface area (Å²) in [6.07, 6.45) is 0.866. The van der Waals surface area contributed by atoms with E-state index in [-0.39, 0.29) is 24.8 Å². The molecular formula is C33H40N4O5. The number of piperidine rings is 1. The van der Waals surface area contributed by atoms with Gasteiger partial charge < -0.3 is 19.1 Å². The average Bonchev–Trinajstić information content (AvgIpc) is 3.26. The molecule has 1 spiro atoms. The van der Waals surface area contributed by atoms with Gasteiger partial charge in [-0.15, -0.1) is 0 Å². The molecule has 42 heavy (non-hydrogen) atoms. The molecule has 1 aromatic heterocycles. The Bertz CT molecular complexity index is 1500. The van der Waals surface area contributed by atoms with E-state index in [2.05, 4.69) is 25.5 Å². The van der Waals surface area contributed by atoms with Crippen molar-refractivity contribution in [2.75, 3.05) is 19.6 Å². The largest absolute Gasteiger partial charge is 0.478 e. The molecule has 0 radical (unpaired) electrons. The van der Waals surface area contributed by atoms with Gasteiger partial charge in [-0.2, -0.15) is 5.10 Å². The lowest BCUT2D eigenvalue weighted by Gasteiger charge is -2.50. The van der Waals surface area contributed by atoms with Crippen molar-refractivity contribution in [1.82, 2.24) is 19.6 Å². The molecule has 9 heteroatoms. The van der Waals surface area contributed by atoms with Crippen LogP contribution in [-0.2, 0) is 21.7 Å². The number of carbonyl (C=O) groups is 2. The Labute approximate surface area is 247 Å². The number of ether oxygens (including phenoxy) is 3. The number of amides is 2. The summed E-state index contributed by atoms with van der Waals surface area (Å²) in [4.78, 5) is 29.5. The van der Waals surface area contributed by atoms with E-state index in [0.29, 0.717) is 19.6 Å². The van der Waals surface area contributed by atoms with E-state index >= 15 is 0 Å². The SMILES string of the molecule is Cc1c2c(nn1C1CCN(C(=O)OC(C)(C)C)C(C)(C)C1)-c1ccccc1OC21CN(C(=O)OCc2ccccc2)C1. The van der Waals surface area contributed by atoms with Crippen LogP contribution in [0.15, 0.2) is 54.6 Å². The first-order valence-corrected chi connectivity index (χ1v) is 14.7. The van der Waals surface area contributed by atoms with Crippen molar-refractivity contribution in [3.8, 4) is 17.0 Å². The quantitative estimate of drug-likeness (QED) is 0.359. The van der Waals surface area contributed by atoms with Gasteiger partial charge >= 0.3 is 12.2 Å². The first-order chi connectivity index (χ1) is 19.9. The lowest BCUT2D eigenvalue weighted by molar-refractivity contribution is -0.0775. The summed E-state index contributed by atoms with van der Waals surface area (Å²) in [6, 6.07) is 17.7. The van der Waals surface area contributed by atoms with Crippen LogP contribution in [0.5, 0.6) is 5.75 Å². The summed E-state index contributed by atoms with van der Waals surface area (Å²) in [5.74, 6) is 0.770. The van der Waals surface area contributed by atoms with Crippen molar-refractivity contribution in [2.45, 2.75) is 83.8 Å². The van der Waals surface area contributed by atoms with Gasteiger partial charge in [0.05, 0.1) is 19.1 Å². The Kier molecular flexibility index (Phi) is 6.74. The predicted octanol–water partition coefficient (Wildman–Crippen LogP) is 6.45. The van der Waals surface area contributed by atoms with E-state index < -0.39 is 16.7 Å². The van der Waals surface area contributed by atoms with Crippen LogP contribution in [0.1, 0.15) is 70.3 Å². The first-order valence-electron chi connectivity index (χ1n) is 14.7. The molecule has 2 aromatic carbocycles. The van der Waals surface area contributed by atoms with Gasteiger partial charge in [0.25, 0.3) is 0 Å². The van der Waals surface area contributed by atoms with E-state index in [1.54, 1.807) is 4.90 Å². The maximum Gasteiger partial charge on any atom is 0.410 e. The monoisotopic (exact) mass is 572 g/mol. The normalized spacial score (nSPS) is 20.2. The lowest BCUT2D eigenvalue weighted by Crippen LogP contribution is -2.65. The molecule has 3 aromatic rings. The third-order valence-corrected chi connectivity index (χ3v) is 8.52. The second-order valence-corrected chi connectivity index (χ2v) is 13.3. The molecule has 2 saturated heterocycles. The van der Waals surface area contributed by atoms with E-state index in [1.165, 1.54) is 0 Å². The highest BCUT2D eigenvalue weighted by Crippen LogP contribution is 2.51. The van der Waals surface area contributed by atoms with Crippen LogP contribution in [0.25, 0.3) is 11.3 Å². The van der Waals surface area contributed by atoms with Gasteiger partial charge in [-0.3, -0.25) is 9.58 Å². The van der Waals surface area contributed by atoms with Crippen molar-refractivity contribution >= 4 is 12.2 Å². The van der Waals surface area contributed by atoms with Gasteiger partial charge in [-0.25, -0.2) is 9.59 Å². The second kappa shape index (κ2) is 10.1. The van der Waals surface area contributed by atoms with Crippen LogP contribution in [-0.4, -0.2) is 62.5 Å². The van der Waals surface area contributed by atoms with Crippen LogP contribution < -0.4 is 4.74 Å². The zero-order valence-corrected chi connectivity index (χ0v) is 25.3. The molecule has 2 fully saturated rings. The highest BCUT2D eigenvalue weighted by molar-refractivity contribution is 5.77. The third-order valence-electron chi connectivity index (χ3n) is 8.52. The van der Waals surface area contributed by atoms with Crippen molar-refractivity contribution in [2.24, 2.45) is 0 Å². The molecule has 0 bridgehead atoms.